The molecule has 1 fully saturated rings. The maximum absolute atomic E-state index is 4.88. The molecule has 0 spiro atoms. The van der Waals surface area contributed by atoms with Crippen LogP contribution in [0, 0.1) is 6.92 Å². The van der Waals surface area contributed by atoms with E-state index in [1.54, 1.807) is 0 Å². The lowest BCUT2D eigenvalue weighted by atomic mass is 9.95. The Balaban J connectivity index is 2.34. The van der Waals surface area contributed by atoms with Crippen LogP contribution < -0.4 is 10.2 Å². The number of nitrogens with one attached hydrogen (secondary N) is 1. The molecule has 2 rings (SSSR count). The lowest BCUT2D eigenvalue weighted by Crippen LogP contribution is -2.47. The minimum atomic E-state index is -0.0424. The van der Waals surface area contributed by atoms with Crippen molar-refractivity contribution >= 4 is 11.6 Å². The molecule has 2 heterocycles. The molecule has 0 aromatic carbocycles. The fraction of sp³-hybridized carbons (Fsp3) is 0.750. The van der Waals surface area contributed by atoms with Crippen LogP contribution in [-0.2, 0) is 5.41 Å². The normalized spacial score (nSPS) is 17.1. The summed E-state index contributed by atoms with van der Waals surface area (Å²) in [5, 5.41) is 3.22. The highest BCUT2D eigenvalue weighted by Crippen LogP contribution is 2.28. The van der Waals surface area contributed by atoms with Gasteiger partial charge in [-0.1, -0.05) is 27.7 Å². The SMILES string of the molecule is CCN1CCN(c2nc(C(C)(C)C)nc(NC)c2C)CC1. The Morgan fingerprint density at radius 2 is 1.71 bits per heavy atom. The summed E-state index contributed by atoms with van der Waals surface area (Å²) in [4.78, 5) is 14.5. The zero-order chi connectivity index (χ0) is 15.6. The van der Waals surface area contributed by atoms with E-state index in [0.29, 0.717) is 0 Å². The summed E-state index contributed by atoms with van der Waals surface area (Å²) in [6.45, 7) is 16.3. The van der Waals surface area contributed by atoms with Gasteiger partial charge in [0, 0.05) is 44.2 Å². The van der Waals surface area contributed by atoms with Gasteiger partial charge in [0.05, 0.1) is 0 Å². The molecule has 118 valence electrons. The largest absolute Gasteiger partial charge is 0.373 e. The van der Waals surface area contributed by atoms with Crippen molar-refractivity contribution in [1.82, 2.24) is 14.9 Å². The molecular weight excluding hydrogens is 262 g/mol. The fourth-order valence-electron chi connectivity index (χ4n) is 2.67. The summed E-state index contributed by atoms with van der Waals surface area (Å²) >= 11 is 0. The molecule has 1 aliphatic heterocycles. The van der Waals surface area contributed by atoms with Crippen LogP contribution in [-0.4, -0.2) is 54.6 Å². The van der Waals surface area contributed by atoms with Crippen LogP contribution in [0.3, 0.4) is 0 Å². The number of likely N-dealkylation sites (N-methyl/N-ethyl adjacent to an activating group) is 1. The lowest BCUT2D eigenvalue weighted by Gasteiger charge is -2.36. The third-order valence-corrected chi connectivity index (χ3v) is 4.15. The molecule has 1 aromatic rings. The first-order chi connectivity index (χ1) is 9.86. The maximum atomic E-state index is 4.88. The maximum Gasteiger partial charge on any atom is 0.138 e. The van der Waals surface area contributed by atoms with Crippen LogP contribution in [0.25, 0.3) is 0 Å². The third kappa shape index (κ3) is 3.46. The van der Waals surface area contributed by atoms with E-state index in [1.807, 2.05) is 7.05 Å². The molecule has 1 aromatic heterocycles. The number of rotatable bonds is 3. The number of hydrogen-bond donors (Lipinski definition) is 1. The molecule has 0 amide bonds. The van der Waals surface area contributed by atoms with Crippen molar-refractivity contribution < 1.29 is 0 Å². The highest BCUT2D eigenvalue weighted by atomic mass is 15.3. The monoisotopic (exact) mass is 291 g/mol. The average molecular weight is 291 g/mol. The van der Waals surface area contributed by atoms with Crippen LogP contribution >= 0.6 is 0 Å². The summed E-state index contributed by atoms with van der Waals surface area (Å²) in [5.41, 5.74) is 1.11. The van der Waals surface area contributed by atoms with Gasteiger partial charge < -0.3 is 15.1 Å². The highest BCUT2D eigenvalue weighted by Gasteiger charge is 2.25. The number of hydrogen-bond acceptors (Lipinski definition) is 5. The Hall–Kier alpha value is -1.36. The van der Waals surface area contributed by atoms with E-state index in [-0.39, 0.29) is 5.41 Å². The first-order valence-corrected chi connectivity index (χ1v) is 7.91. The summed E-state index contributed by atoms with van der Waals surface area (Å²) in [5.74, 6) is 2.95. The van der Waals surface area contributed by atoms with Gasteiger partial charge in [-0.05, 0) is 13.5 Å². The Bertz CT molecular complexity index is 484. The number of nitrogens with zero attached hydrogens (tertiary/aromatic N) is 4. The van der Waals surface area contributed by atoms with Gasteiger partial charge in [0.15, 0.2) is 0 Å². The molecule has 0 bridgehead atoms. The van der Waals surface area contributed by atoms with Crippen LogP contribution in [0.15, 0.2) is 0 Å². The van der Waals surface area contributed by atoms with Crippen molar-refractivity contribution in [3.8, 4) is 0 Å². The zero-order valence-electron chi connectivity index (χ0n) is 14.3. The van der Waals surface area contributed by atoms with Crippen LogP contribution in [0.1, 0.15) is 39.1 Å². The Labute approximate surface area is 128 Å². The van der Waals surface area contributed by atoms with Crippen LogP contribution in [0.5, 0.6) is 0 Å². The Morgan fingerprint density at radius 3 is 2.19 bits per heavy atom. The average Bonchev–Trinajstić information content (AvgIpc) is 2.46. The van der Waals surface area contributed by atoms with Gasteiger partial charge in [-0.15, -0.1) is 0 Å². The predicted molar refractivity (Wildman–Crippen MR) is 89.3 cm³/mol. The second kappa shape index (κ2) is 6.18. The summed E-state index contributed by atoms with van der Waals surface area (Å²) in [6.07, 6.45) is 0. The zero-order valence-corrected chi connectivity index (χ0v) is 14.3. The van der Waals surface area contributed by atoms with Gasteiger partial charge in [0.2, 0.25) is 0 Å². The van der Waals surface area contributed by atoms with Crippen molar-refractivity contribution in [2.75, 3.05) is 50.0 Å². The van der Waals surface area contributed by atoms with Crippen molar-refractivity contribution in [2.45, 2.75) is 40.0 Å². The number of piperazine rings is 1. The second-order valence-corrected chi connectivity index (χ2v) is 6.77. The first kappa shape index (κ1) is 16.0. The molecule has 0 aliphatic carbocycles. The fourth-order valence-corrected chi connectivity index (χ4v) is 2.67. The molecule has 5 nitrogen and oxygen atoms in total. The van der Waals surface area contributed by atoms with Gasteiger partial charge in [0.1, 0.15) is 17.5 Å². The molecule has 0 atom stereocenters. The van der Waals surface area contributed by atoms with E-state index in [9.17, 15) is 0 Å². The van der Waals surface area contributed by atoms with Crippen LogP contribution in [0.2, 0.25) is 0 Å². The molecule has 1 saturated heterocycles. The van der Waals surface area contributed by atoms with E-state index in [1.165, 1.54) is 0 Å². The van der Waals surface area contributed by atoms with E-state index in [4.69, 9.17) is 4.98 Å². The van der Waals surface area contributed by atoms with Crippen LogP contribution in [0.4, 0.5) is 11.6 Å². The second-order valence-electron chi connectivity index (χ2n) is 6.77. The molecule has 1 aliphatic rings. The van der Waals surface area contributed by atoms with Crippen molar-refractivity contribution in [1.29, 1.82) is 0 Å². The van der Waals surface area contributed by atoms with Gasteiger partial charge in [-0.25, -0.2) is 9.97 Å². The molecule has 0 unspecified atom stereocenters. The Kier molecular flexibility index (Phi) is 4.71. The van der Waals surface area contributed by atoms with Crippen molar-refractivity contribution in [3.05, 3.63) is 11.4 Å². The molecule has 5 heteroatoms. The van der Waals surface area contributed by atoms with Gasteiger partial charge in [-0.2, -0.15) is 0 Å². The number of aromatic nitrogens is 2. The smallest absolute Gasteiger partial charge is 0.138 e. The van der Waals surface area contributed by atoms with E-state index >= 15 is 0 Å². The third-order valence-electron chi connectivity index (χ3n) is 4.15. The predicted octanol–water partition coefficient (Wildman–Crippen LogP) is 2.27. The molecule has 0 saturated carbocycles. The van der Waals surface area contributed by atoms with E-state index in [2.05, 4.69) is 54.7 Å². The first-order valence-electron chi connectivity index (χ1n) is 7.91. The summed E-state index contributed by atoms with van der Waals surface area (Å²) < 4.78 is 0. The minimum Gasteiger partial charge on any atom is -0.373 e. The van der Waals surface area contributed by atoms with Gasteiger partial charge in [0.25, 0.3) is 0 Å². The van der Waals surface area contributed by atoms with E-state index in [0.717, 1.165) is 55.7 Å². The van der Waals surface area contributed by atoms with E-state index < -0.39 is 0 Å². The van der Waals surface area contributed by atoms with Gasteiger partial charge >= 0.3 is 0 Å². The number of anilines is 2. The quantitative estimate of drug-likeness (QED) is 0.925. The summed E-state index contributed by atoms with van der Waals surface area (Å²) in [6, 6.07) is 0. The topological polar surface area (TPSA) is 44.3 Å². The standard InChI is InChI=1S/C16H29N5/c1-7-20-8-10-21(11-9-20)14-12(2)13(17-6)18-15(19-14)16(3,4)5/h7-11H2,1-6H3,(H,17,18,19). The molecule has 21 heavy (non-hydrogen) atoms. The molecule has 0 radical (unpaired) electrons. The van der Waals surface area contributed by atoms with Gasteiger partial charge in [-0.3, -0.25) is 0 Å². The Morgan fingerprint density at radius 1 is 1.10 bits per heavy atom. The van der Waals surface area contributed by atoms with Crippen molar-refractivity contribution in [3.63, 3.8) is 0 Å². The molecule has 1 N–H and O–H groups in total. The highest BCUT2D eigenvalue weighted by molar-refractivity contribution is 5.59. The summed E-state index contributed by atoms with van der Waals surface area (Å²) in [7, 11) is 1.93. The minimum absolute atomic E-state index is 0.0424. The lowest BCUT2D eigenvalue weighted by molar-refractivity contribution is 0.270. The van der Waals surface area contributed by atoms with Crippen molar-refractivity contribution in [2.24, 2.45) is 0 Å². The molecular formula is C16H29N5.